The van der Waals surface area contributed by atoms with Gasteiger partial charge in [0.2, 0.25) is 5.69 Å². The predicted octanol–water partition coefficient (Wildman–Crippen LogP) is 1.43. The maximum atomic E-state index is 10.5. The second-order valence-corrected chi connectivity index (χ2v) is 3.50. The summed E-state index contributed by atoms with van der Waals surface area (Å²) in [6, 6.07) is 16.1. The lowest BCUT2D eigenvalue weighted by atomic mass is 10.2. The van der Waals surface area contributed by atoms with Crippen LogP contribution in [0.4, 0.5) is 11.4 Å². The molecule has 0 atom stereocenters. The van der Waals surface area contributed by atoms with Gasteiger partial charge in [-0.3, -0.25) is 10.1 Å². The smallest absolute Gasteiger partial charge is 0.258 e. The number of benzene rings is 2. The minimum atomic E-state index is -0.408. The Labute approximate surface area is 98.4 Å². The number of nitro groups is 1. The van der Waals surface area contributed by atoms with Crippen molar-refractivity contribution in [3.8, 4) is 0 Å². The largest absolute Gasteiger partial charge is 0.269 e. The number of para-hydroxylation sites is 1. The highest BCUT2D eigenvalue weighted by Gasteiger charge is 2.03. The van der Waals surface area contributed by atoms with Gasteiger partial charge in [-0.25, -0.2) is 4.99 Å². The Morgan fingerprint density at radius 2 is 1.65 bits per heavy atom. The van der Waals surface area contributed by atoms with E-state index in [2.05, 4.69) is 4.99 Å². The first-order valence-electron chi connectivity index (χ1n) is 5.15. The van der Waals surface area contributed by atoms with Crippen LogP contribution in [0.5, 0.6) is 0 Å². The van der Waals surface area contributed by atoms with Crippen LogP contribution in [0.15, 0.2) is 54.6 Å². The van der Waals surface area contributed by atoms with Crippen LogP contribution in [-0.4, -0.2) is 11.1 Å². The van der Waals surface area contributed by atoms with Crippen LogP contribution in [0.3, 0.4) is 0 Å². The van der Waals surface area contributed by atoms with Gasteiger partial charge < -0.3 is 0 Å². The molecule has 0 radical (unpaired) electrons. The van der Waals surface area contributed by atoms with Gasteiger partial charge in [-0.15, -0.1) is 0 Å². The molecule has 2 rings (SSSR count). The van der Waals surface area contributed by atoms with Crippen molar-refractivity contribution in [2.75, 3.05) is 0 Å². The third-order valence-corrected chi connectivity index (χ3v) is 2.28. The highest BCUT2D eigenvalue weighted by atomic mass is 16.6. The summed E-state index contributed by atoms with van der Waals surface area (Å²) in [5.74, 6) is 0. The normalized spacial score (nSPS) is 10.6. The summed E-state index contributed by atoms with van der Waals surface area (Å²) in [7, 11) is 0. The average Bonchev–Trinajstić information content (AvgIpc) is 2.38. The maximum absolute atomic E-state index is 10.5. The molecule has 2 aromatic carbocycles. The van der Waals surface area contributed by atoms with Crippen molar-refractivity contribution in [2.45, 2.75) is 0 Å². The minimum Gasteiger partial charge on any atom is -0.258 e. The van der Waals surface area contributed by atoms with Gasteiger partial charge in [-0.1, -0.05) is 18.2 Å². The molecule has 0 amide bonds. The number of rotatable bonds is 3. The number of hydrogen-bond donors (Lipinski definition) is 1. The van der Waals surface area contributed by atoms with Crippen LogP contribution in [0, 0.1) is 10.1 Å². The fourth-order valence-corrected chi connectivity index (χ4v) is 1.39. The molecular formula is C13H11N2O2+. The maximum Gasteiger partial charge on any atom is 0.269 e. The van der Waals surface area contributed by atoms with E-state index < -0.39 is 4.92 Å². The summed E-state index contributed by atoms with van der Waals surface area (Å²) < 4.78 is 0. The summed E-state index contributed by atoms with van der Waals surface area (Å²) in [6.07, 6.45) is 1.80. The van der Waals surface area contributed by atoms with E-state index in [4.69, 9.17) is 0 Å². The van der Waals surface area contributed by atoms with Crippen molar-refractivity contribution >= 4 is 17.6 Å². The van der Waals surface area contributed by atoms with Crippen LogP contribution in [0.1, 0.15) is 5.56 Å². The Kier molecular flexibility index (Phi) is 3.25. The van der Waals surface area contributed by atoms with Gasteiger partial charge in [0.1, 0.15) is 0 Å². The lowest BCUT2D eigenvalue weighted by Gasteiger charge is -1.90. The number of nitro benzene ring substituents is 1. The SMILES string of the molecule is O=[N+]([O-])c1ccc(C=[NH+]c2ccccc2)cc1. The van der Waals surface area contributed by atoms with Crippen LogP contribution >= 0.6 is 0 Å². The lowest BCUT2D eigenvalue weighted by Crippen LogP contribution is -2.61. The molecule has 0 aliphatic heterocycles. The second-order valence-electron chi connectivity index (χ2n) is 3.50. The summed E-state index contributed by atoms with van der Waals surface area (Å²) in [4.78, 5) is 13.2. The van der Waals surface area contributed by atoms with Crippen molar-refractivity contribution < 1.29 is 9.92 Å². The molecule has 0 aromatic heterocycles. The first-order valence-corrected chi connectivity index (χ1v) is 5.15. The van der Waals surface area contributed by atoms with Crippen molar-refractivity contribution in [1.29, 1.82) is 0 Å². The Morgan fingerprint density at radius 3 is 2.24 bits per heavy atom. The van der Waals surface area contributed by atoms with Crippen LogP contribution in [0.25, 0.3) is 0 Å². The molecule has 0 aliphatic rings. The zero-order valence-electron chi connectivity index (χ0n) is 9.04. The third kappa shape index (κ3) is 2.98. The van der Waals surface area contributed by atoms with Gasteiger partial charge in [0.15, 0.2) is 6.21 Å². The Morgan fingerprint density at radius 1 is 1.00 bits per heavy atom. The average molecular weight is 227 g/mol. The van der Waals surface area contributed by atoms with E-state index in [0.29, 0.717) is 0 Å². The van der Waals surface area contributed by atoms with Crippen molar-refractivity contribution in [2.24, 2.45) is 0 Å². The van der Waals surface area contributed by atoms with E-state index >= 15 is 0 Å². The first-order chi connectivity index (χ1) is 8.25. The molecule has 0 aliphatic carbocycles. The van der Waals surface area contributed by atoms with Crippen LogP contribution in [0.2, 0.25) is 0 Å². The number of non-ortho nitro benzene ring substituents is 1. The monoisotopic (exact) mass is 227 g/mol. The molecule has 17 heavy (non-hydrogen) atoms. The zero-order chi connectivity index (χ0) is 12.1. The molecule has 1 N–H and O–H groups in total. The topological polar surface area (TPSA) is 57.1 Å². The van der Waals surface area contributed by atoms with Gasteiger partial charge in [-0.05, 0) is 12.1 Å². The lowest BCUT2D eigenvalue weighted by molar-refractivity contribution is -0.384. The molecule has 0 saturated heterocycles. The number of nitrogens with zero attached hydrogens (tertiary/aromatic N) is 1. The summed E-state index contributed by atoms with van der Waals surface area (Å²) >= 11 is 0. The summed E-state index contributed by atoms with van der Waals surface area (Å²) in [5.41, 5.74) is 1.96. The van der Waals surface area contributed by atoms with Gasteiger partial charge >= 0.3 is 0 Å². The first kappa shape index (κ1) is 11.0. The molecule has 0 heterocycles. The molecule has 2 aromatic rings. The van der Waals surface area contributed by atoms with E-state index in [1.165, 1.54) is 12.1 Å². The fraction of sp³-hybridized carbons (Fsp3) is 0. The molecule has 84 valence electrons. The predicted molar refractivity (Wildman–Crippen MR) is 65.3 cm³/mol. The van der Waals surface area contributed by atoms with Gasteiger partial charge in [0, 0.05) is 29.8 Å². The molecule has 4 heteroatoms. The second kappa shape index (κ2) is 5.03. The molecule has 0 spiro atoms. The fourth-order valence-electron chi connectivity index (χ4n) is 1.39. The number of hydrogen-bond acceptors (Lipinski definition) is 2. The Balaban J connectivity index is 2.14. The van der Waals surface area contributed by atoms with E-state index in [0.717, 1.165) is 11.3 Å². The zero-order valence-corrected chi connectivity index (χ0v) is 9.04. The molecule has 0 bridgehead atoms. The Bertz CT molecular complexity index is 533. The molecule has 0 saturated carbocycles. The summed E-state index contributed by atoms with van der Waals surface area (Å²) in [5, 5.41) is 10.5. The van der Waals surface area contributed by atoms with Crippen molar-refractivity contribution in [1.82, 2.24) is 0 Å². The number of nitrogens with one attached hydrogen (secondary N) is 1. The van der Waals surface area contributed by atoms with Gasteiger partial charge in [0.05, 0.1) is 4.92 Å². The third-order valence-electron chi connectivity index (χ3n) is 2.28. The van der Waals surface area contributed by atoms with Crippen LogP contribution < -0.4 is 4.99 Å². The quantitative estimate of drug-likeness (QED) is 0.490. The van der Waals surface area contributed by atoms with Gasteiger partial charge in [0.25, 0.3) is 5.69 Å². The van der Waals surface area contributed by atoms with E-state index in [-0.39, 0.29) is 5.69 Å². The van der Waals surface area contributed by atoms with Crippen molar-refractivity contribution in [3.05, 3.63) is 70.3 Å². The highest BCUT2D eigenvalue weighted by Crippen LogP contribution is 2.09. The van der Waals surface area contributed by atoms with Crippen LogP contribution in [-0.2, 0) is 0 Å². The van der Waals surface area contributed by atoms with E-state index in [1.807, 2.05) is 30.3 Å². The molecule has 4 nitrogen and oxygen atoms in total. The van der Waals surface area contributed by atoms with Gasteiger partial charge in [-0.2, -0.15) is 0 Å². The Hall–Kier alpha value is -2.49. The molecule has 0 fully saturated rings. The molecule has 0 unspecified atom stereocenters. The standard InChI is InChI=1S/C13H10N2O2/c16-15(17)13-8-6-11(7-9-13)10-14-12-4-2-1-3-5-12/h1-10H/p+1. The van der Waals surface area contributed by atoms with Crippen molar-refractivity contribution in [3.63, 3.8) is 0 Å². The van der Waals surface area contributed by atoms with E-state index in [1.54, 1.807) is 18.3 Å². The minimum absolute atomic E-state index is 0.0989. The van der Waals surface area contributed by atoms with E-state index in [9.17, 15) is 10.1 Å². The summed E-state index contributed by atoms with van der Waals surface area (Å²) in [6.45, 7) is 0. The highest BCUT2D eigenvalue weighted by molar-refractivity contribution is 5.76. The molecular weight excluding hydrogens is 216 g/mol.